The number of H-pyrrole nitrogens is 2. The Labute approximate surface area is 107 Å². The molecule has 0 fully saturated rings. The third kappa shape index (κ3) is 1.93. The first-order valence-electron chi connectivity index (χ1n) is 5.70. The molecule has 2 heterocycles. The summed E-state index contributed by atoms with van der Waals surface area (Å²) in [6.07, 6.45) is 3.61. The van der Waals surface area contributed by atoms with Crippen molar-refractivity contribution in [3.8, 4) is 11.5 Å². The number of nitrogens with zero attached hydrogens (tertiary/aromatic N) is 1. The number of aromatic hydroxyl groups is 2. The Morgan fingerprint density at radius 3 is 2.74 bits per heavy atom. The molecule has 0 spiro atoms. The molecule has 19 heavy (non-hydrogen) atoms. The van der Waals surface area contributed by atoms with Crippen LogP contribution in [0.4, 0.5) is 0 Å². The molecule has 0 radical (unpaired) electrons. The molecule has 0 aliphatic rings. The van der Waals surface area contributed by atoms with E-state index >= 15 is 0 Å². The van der Waals surface area contributed by atoms with Gasteiger partial charge < -0.3 is 20.2 Å². The molecule has 6 heteroatoms. The lowest BCUT2D eigenvalue weighted by atomic mass is 10.1. The molecule has 0 unspecified atom stereocenters. The van der Waals surface area contributed by atoms with Crippen LogP contribution < -0.4 is 5.56 Å². The van der Waals surface area contributed by atoms with Crippen molar-refractivity contribution in [3.63, 3.8) is 0 Å². The van der Waals surface area contributed by atoms with Gasteiger partial charge in [-0.25, -0.2) is 4.98 Å². The zero-order valence-corrected chi connectivity index (χ0v) is 9.84. The van der Waals surface area contributed by atoms with Gasteiger partial charge in [0.05, 0.1) is 5.52 Å². The minimum atomic E-state index is -0.315. The van der Waals surface area contributed by atoms with Crippen LogP contribution in [0.3, 0.4) is 0 Å². The van der Waals surface area contributed by atoms with Crippen molar-refractivity contribution >= 4 is 10.9 Å². The number of imidazole rings is 1. The largest absolute Gasteiger partial charge is 0.507 e. The van der Waals surface area contributed by atoms with Gasteiger partial charge in [0.15, 0.2) is 0 Å². The molecule has 3 rings (SSSR count). The van der Waals surface area contributed by atoms with E-state index < -0.39 is 0 Å². The summed E-state index contributed by atoms with van der Waals surface area (Å²) in [6.45, 7) is 0. The zero-order chi connectivity index (χ0) is 13.4. The fourth-order valence-corrected chi connectivity index (χ4v) is 2.01. The molecule has 3 aromatic rings. The molecule has 0 saturated carbocycles. The van der Waals surface area contributed by atoms with Crippen LogP contribution in [0.15, 0.2) is 35.4 Å². The predicted octanol–water partition coefficient (Wildman–Crippen LogP) is 1.25. The van der Waals surface area contributed by atoms with Gasteiger partial charge >= 0.3 is 0 Å². The molecule has 2 aromatic heterocycles. The van der Waals surface area contributed by atoms with Crippen LogP contribution in [-0.4, -0.2) is 25.2 Å². The highest BCUT2D eigenvalue weighted by atomic mass is 16.3. The zero-order valence-electron chi connectivity index (χ0n) is 9.84. The van der Waals surface area contributed by atoms with Crippen LogP contribution in [0, 0.1) is 0 Å². The monoisotopic (exact) mass is 257 g/mol. The molecular formula is C13H11N3O3. The van der Waals surface area contributed by atoms with E-state index in [0.29, 0.717) is 23.2 Å². The third-order valence-corrected chi connectivity index (χ3v) is 2.96. The molecule has 0 atom stereocenters. The van der Waals surface area contributed by atoms with Crippen LogP contribution in [0.5, 0.6) is 11.5 Å². The Hall–Kier alpha value is -2.76. The minimum Gasteiger partial charge on any atom is -0.507 e. The van der Waals surface area contributed by atoms with E-state index in [-0.39, 0.29) is 22.6 Å². The van der Waals surface area contributed by atoms with Gasteiger partial charge in [-0.2, -0.15) is 0 Å². The van der Waals surface area contributed by atoms with E-state index in [1.165, 1.54) is 12.1 Å². The second kappa shape index (κ2) is 4.16. The molecular weight excluding hydrogens is 246 g/mol. The van der Waals surface area contributed by atoms with Gasteiger partial charge in [-0.1, -0.05) is 0 Å². The third-order valence-electron chi connectivity index (χ3n) is 2.96. The molecule has 1 aromatic carbocycles. The predicted molar refractivity (Wildman–Crippen MR) is 69.3 cm³/mol. The van der Waals surface area contributed by atoms with E-state index in [1.807, 2.05) is 0 Å². The lowest BCUT2D eigenvalue weighted by Gasteiger charge is -2.05. The number of pyridine rings is 1. The van der Waals surface area contributed by atoms with Crippen LogP contribution in [0.25, 0.3) is 10.9 Å². The lowest BCUT2D eigenvalue weighted by Crippen LogP contribution is -2.13. The number of benzene rings is 1. The van der Waals surface area contributed by atoms with Gasteiger partial charge in [0.1, 0.15) is 17.3 Å². The second-order valence-corrected chi connectivity index (χ2v) is 4.23. The summed E-state index contributed by atoms with van der Waals surface area (Å²) in [5, 5.41) is 19.9. The first kappa shape index (κ1) is 11.3. The van der Waals surface area contributed by atoms with Gasteiger partial charge in [-0.3, -0.25) is 4.79 Å². The highest BCUT2D eigenvalue weighted by Crippen LogP contribution is 2.29. The average molecular weight is 257 g/mol. The van der Waals surface area contributed by atoms with Crippen molar-refractivity contribution in [2.45, 2.75) is 6.42 Å². The molecule has 0 aliphatic heterocycles. The fourth-order valence-electron chi connectivity index (χ4n) is 2.01. The minimum absolute atomic E-state index is 0.00439. The van der Waals surface area contributed by atoms with Crippen LogP contribution >= 0.6 is 0 Å². The number of nitrogens with one attached hydrogen (secondary N) is 2. The Balaban J connectivity index is 2.19. The van der Waals surface area contributed by atoms with Crippen molar-refractivity contribution in [1.29, 1.82) is 0 Å². The summed E-state index contributed by atoms with van der Waals surface area (Å²) in [5.74, 6) is 0.587. The van der Waals surface area contributed by atoms with Crippen molar-refractivity contribution in [2.24, 2.45) is 0 Å². The van der Waals surface area contributed by atoms with Crippen molar-refractivity contribution in [2.75, 3.05) is 0 Å². The molecule has 4 N–H and O–H groups in total. The average Bonchev–Trinajstić information content (AvgIpc) is 2.89. The van der Waals surface area contributed by atoms with Crippen molar-refractivity contribution in [3.05, 3.63) is 52.3 Å². The van der Waals surface area contributed by atoms with Gasteiger partial charge in [0.2, 0.25) is 0 Å². The van der Waals surface area contributed by atoms with E-state index in [1.54, 1.807) is 18.5 Å². The van der Waals surface area contributed by atoms with E-state index in [9.17, 15) is 15.0 Å². The van der Waals surface area contributed by atoms with Crippen LogP contribution in [0.2, 0.25) is 0 Å². The molecule has 96 valence electrons. The Bertz CT molecular complexity index is 791. The fraction of sp³-hybridized carbons (Fsp3) is 0.0769. The summed E-state index contributed by atoms with van der Waals surface area (Å²) < 4.78 is 0. The van der Waals surface area contributed by atoms with Crippen molar-refractivity contribution < 1.29 is 10.2 Å². The first-order valence-corrected chi connectivity index (χ1v) is 5.70. The molecule has 6 nitrogen and oxygen atoms in total. The Kier molecular flexibility index (Phi) is 2.49. The number of aromatic nitrogens is 3. The number of rotatable bonds is 2. The van der Waals surface area contributed by atoms with E-state index in [2.05, 4.69) is 15.0 Å². The summed E-state index contributed by atoms with van der Waals surface area (Å²) in [6, 6.07) is 4.28. The highest BCUT2D eigenvalue weighted by molar-refractivity contribution is 5.89. The quantitative estimate of drug-likeness (QED) is 0.519. The Morgan fingerprint density at radius 1 is 1.21 bits per heavy atom. The number of fused-ring (bicyclic) bond motifs is 1. The second-order valence-electron chi connectivity index (χ2n) is 4.23. The lowest BCUT2D eigenvalue weighted by molar-refractivity contribution is 0.468. The maximum absolute atomic E-state index is 11.9. The van der Waals surface area contributed by atoms with Crippen molar-refractivity contribution in [1.82, 2.24) is 15.0 Å². The first-order chi connectivity index (χ1) is 9.15. The van der Waals surface area contributed by atoms with Gasteiger partial charge in [-0.05, 0) is 18.2 Å². The summed E-state index contributed by atoms with van der Waals surface area (Å²) in [7, 11) is 0. The molecule has 0 saturated heterocycles. The van der Waals surface area contributed by atoms with Gasteiger partial charge in [0.25, 0.3) is 5.56 Å². The standard InChI is InChI=1S/C13H11N3O3/c17-9-1-2-10(18)12-8(9)5-7(13(19)16-12)6-11-14-3-4-15-11/h1-5,17-18H,6H2,(H,14,15)(H,16,19). The van der Waals surface area contributed by atoms with Crippen LogP contribution in [0.1, 0.15) is 11.4 Å². The number of hydrogen-bond donors (Lipinski definition) is 4. The van der Waals surface area contributed by atoms with E-state index in [4.69, 9.17) is 0 Å². The summed E-state index contributed by atoms with van der Waals surface area (Å²) in [5.41, 5.74) is 0.376. The van der Waals surface area contributed by atoms with Crippen LogP contribution in [-0.2, 0) is 6.42 Å². The topological polar surface area (TPSA) is 102 Å². The number of phenols is 2. The normalized spacial score (nSPS) is 10.9. The maximum atomic E-state index is 11.9. The SMILES string of the molecule is O=c1[nH]c2c(O)ccc(O)c2cc1Cc1ncc[nH]1. The summed E-state index contributed by atoms with van der Waals surface area (Å²) >= 11 is 0. The number of aromatic amines is 2. The highest BCUT2D eigenvalue weighted by Gasteiger charge is 2.10. The Morgan fingerprint density at radius 2 is 2.00 bits per heavy atom. The number of hydrogen-bond acceptors (Lipinski definition) is 4. The maximum Gasteiger partial charge on any atom is 0.252 e. The molecule has 0 amide bonds. The number of phenolic OH excluding ortho intramolecular Hbond substituents is 2. The van der Waals surface area contributed by atoms with E-state index in [0.717, 1.165) is 0 Å². The smallest absolute Gasteiger partial charge is 0.252 e. The van der Waals surface area contributed by atoms with Gasteiger partial charge in [0, 0.05) is 29.8 Å². The molecule has 0 bridgehead atoms. The van der Waals surface area contributed by atoms with Gasteiger partial charge in [-0.15, -0.1) is 0 Å². The molecule has 0 aliphatic carbocycles. The summed E-state index contributed by atoms with van der Waals surface area (Å²) in [4.78, 5) is 21.5.